The van der Waals surface area contributed by atoms with Gasteiger partial charge in [-0.3, -0.25) is 14.9 Å². The second-order valence-corrected chi connectivity index (χ2v) is 9.90. The van der Waals surface area contributed by atoms with Crippen molar-refractivity contribution in [2.45, 2.75) is 31.1 Å². The van der Waals surface area contributed by atoms with E-state index in [2.05, 4.69) is 15.5 Å². The minimum atomic E-state index is -0.133. The molecule has 1 aromatic heterocycles. The highest BCUT2D eigenvalue weighted by molar-refractivity contribution is 8.00. The van der Waals surface area contributed by atoms with Gasteiger partial charge in [0.25, 0.3) is 0 Å². The molecule has 31 heavy (non-hydrogen) atoms. The zero-order chi connectivity index (χ0) is 22.0. The van der Waals surface area contributed by atoms with Crippen molar-refractivity contribution in [1.82, 2.24) is 10.2 Å². The van der Waals surface area contributed by atoms with Crippen LogP contribution in [0.15, 0.2) is 47.4 Å². The van der Waals surface area contributed by atoms with Gasteiger partial charge in [-0.25, -0.2) is 0 Å². The average molecular weight is 473 g/mol. The van der Waals surface area contributed by atoms with Crippen molar-refractivity contribution in [3.05, 3.63) is 63.6 Å². The lowest BCUT2D eigenvalue weighted by atomic mass is 10.1. The lowest BCUT2D eigenvalue weighted by Gasteiger charge is -2.17. The van der Waals surface area contributed by atoms with E-state index >= 15 is 0 Å². The van der Waals surface area contributed by atoms with Gasteiger partial charge in [0, 0.05) is 34.5 Å². The van der Waals surface area contributed by atoms with E-state index in [9.17, 15) is 9.59 Å². The summed E-state index contributed by atoms with van der Waals surface area (Å²) in [6.45, 7) is 4.47. The molecule has 0 aliphatic carbocycles. The van der Waals surface area contributed by atoms with Crippen molar-refractivity contribution in [3.63, 3.8) is 0 Å². The normalized spacial score (nSPS) is 16.0. The molecule has 1 N–H and O–H groups in total. The van der Waals surface area contributed by atoms with Gasteiger partial charge in [-0.15, -0.1) is 22.0 Å². The first kappa shape index (κ1) is 21.8. The summed E-state index contributed by atoms with van der Waals surface area (Å²) in [7, 11) is 0. The van der Waals surface area contributed by atoms with Gasteiger partial charge in [-0.1, -0.05) is 46.7 Å². The first-order valence-corrected chi connectivity index (χ1v) is 12.0. The summed E-state index contributed by atoms with van der Waals surface area (Å²) in [6.07, 6.45) is 0.358. The Bertz CT molecular complexity index is 1120. The molecule has 160 valence electrons. The second-order valence-electron chi connectivity index (χ2n) is 7.43. The van der Waals surface area contributed by atoms with Crippen molar-refractivity contribution < 1.29 is 9.59 Å². The minimum absolute atomic E-state index is 0.0280. The van der Waals surface area contributed by atoms with Gasteiger partial charge >= 0.3 is 0 Å². The first-order chi connectivity index (χ1) is 14.9. The molecule has 9 heteroatoms. The van der Waals surface area contributed by atoms with Crippen LogP contribution in [0.1, 0.15) is 28.5 Å². The molecule has 4 rings (SSSR count). The third-order valence-electron chi connectivity index (χ3n) is 5.02. The molecule has 0 spiro atoms. The molecule has 1 atom stereocenters. The molecule has 3 aromatic rings. The van der Waals surface area contributed by atoms with Crippen LogP contribution < -0.4 is 10.2 Å². The highest BCUT2D eigenvalue weighted by Crippen LogP contribution is 2.35. The maximum Gasteiger partial charge on any atom is 0.236 e. The Labute approximate surface area is 194 Å². The van der Waals surface area contributed by atoms with Crippen LogP contribution in [0.5, 0.6) is 0 Å². The number of benzene rings is 2. The number of nitrogens with one attached hydrogen (secondary N) is 1. The SMILES string of the molecule is Cc1ccc(SCC(=O)Nc2nnc(C3CC(=O)N(c4ccc(C)c(Cl)c4)C3)s2)cc1. The summed E-state index contributed by atoms with van der Waals surface area (Å²) < 4.78 is 0. The largest absolute Gasteiger partial charge is 0.312 e. The highest BCUT2D eigenvalue weighted by atomic mass is 35.5. The molecule has 0 saturated carbocycles. The molecule has 2 amide bonds. The number of thioether (sulfide) groups is 1. The number of nitrogens with zero attached hydrogens (tertiary/aromatic N) is 3. The molecule has 1 unspecified atom stereocenters. The van der Waals surface area contributed by atoms with E-state index in [-0.39, 0.29) is 17.7 Å². The van der Waals surface area contributed by atoms with Crippen molar-refractivity contribution in [2.24, 2.45) is 0 Å². The van der Waals surface area contributed by atoms with Crippen LogP contribution in [0.3, 0.4) is 0 Å². The second kappa shape index (κ2) is 9.38. The quantitative estimate of drug-likeness (QED) is 0.507. The predicted octanol–water partition coefficient (Wildman–Crippen LogP) is 5.06. The van der Waals surface area contributed by atoms with E-state index in [1.54, 1.807) is 4.90 Å². The number of amides is 2. The molecule has 1 aliphatic heterocycles. The van der Waals surface area contributed by atoms with Crippen LogP contribution in [-0.2, 0) is 9.59 Å². The number of hydrogen-bond donors (Lipinski definition) is 1. The van der Waals surface area contributed by atoms with E-state index in [0.29, 0.717) is 28.9 Å². The molecular formula is C22H21ClN4O2S2. The summed E-state index contributed by atoms with van der Waals surface area (Å²) in [4.78, 5) is 27.6. The average Bonchev–Trinajstić information content (AvgIpc) is 3.36. The fourth-order valence-corrected chi connectivity index (χ4v) is 4.99. The number of anilines is 2. The molecule has 1 aliphatic rings. The molecule has 1 saturated heterocycles. The fraction of sp³-hybridized carbons (Fsp3) is 0.273. The van der Waals surface area contributed by atoms with E-state index in [0.717, 1.165) is 21.2 Å². The van der Waals surface area contributed by atoms with E-state index in [1.807, 2.05) is 56.3 Å². The Morgan fingerprint density at radius 3 is 2.74 bits per heavy atom. The first-order valence-electron chi connectivity index (χ1n) is 9.78. The lowest BCUT2D eigenvalue weighted by molar-refractivity contribution is -0.117. The summed E-state index contributed by atoms with van der Waals surface area (Å²) in [5.74, 6) is 0.131. The Morgan fingerprint density at radius 1 is 1.23 bits per heavy atom. The van der Waals surface area contributed by atoms with Gasteiger partial charge < -0.3 is 4.90 Å². The molecular weight excluding hydrogens is 452 g/mol. The molecule has 0 radical (unpaired) electrons. The number of aromatic nitrogens is 2. The zero-order valence-corrected chi connectivity index (χ0v) is 19.5. The molecule has 2 heterocycles. The minimum Gasteiger partial charge on any atom is -0.312 e. The maximum atomic E-state index is 12.5. The van der Waals surface area contributed by atoms with Crippen LogP contribution in [0, 0.1) is 13.8 Å². The van der Waals surface area contributed by atoms with Crippen molar-refractivity contribution in [3.8, 4) is 0 Å². The van der Waals surface area contributed by atoms with Crippen LogP contribution in [-0.4, -0.2) is 34.3 Å². The van der Waals surface area contributed by atoms with Gasteiger partial charge in [0.15, 0.2) is 0 Å². The lowest BCUT2D eigenvalue weighted by Crippen LogP contribution is -2.24. The summed E-state index contributed by atoms with van der Waals surface area (Å²) in [5, 5.41) is 12.9. The monoisotopic (exact) mass is 472 g/mol. The topological polar surface area (TPSA) is 75.2 Å². The smallest absolute Gasteiger partial charge is 0.236 e. The van der Waals surface area contributed by atoms with Crippen LogP contribution in [0.2, 0.25) is 5.02 Å². The van der Waals surface area contributed by atoms with Crippen LogP contribution in [0.4, 0.5) is 10.8 Å². The van der Waals surface area contributed by atoms with Crippen molar-refractivity contribution >= 4 is 57.3 Å². The zero-order valence-electron chi connectivity index (χ0n) is 17.1. The fourth-order valence-electron chi connectivity index (χ4n) is 3.26. The molecule has 0 bridgehead atoms. The van der Waals surface area contributed by atoms with E-state index in [4.69, 9.17) is 11.6 Å². The van der Waals surface area contributed by atoms with E-state index < -0.39 is 0 Å². The Kier molecular flexibility index (Phi) is 6.60. The summed E-state index contributed by atoms with van der Waals surface area (Å²) in [5.41, 5.74) is 2.94. The van der Waals surface area contributed by atoms with Gasteiger partial charge in [-0.05, 0) is 43.7 Å². The van der Waals surface area contributed by atoms with Crippen LogP contribution >= 0.6 is 34.7 Å². The predicted molar refractivity (Wildman–Crippen MR) is 126 cm³/mol. The highest BCUT2D eigenvalue weighted by Gasteiger charge is 2.34. The number of carbonyl (C=O) groups excluding carboxylic acids is 2. The van der Waals surface area contributed by atoms with Crippen molar-refractivity contribution in [1.29, 1.82) is 0 Å². The number of hydrogen-bond acceptors (Lipinski definition) is 6. The van der Waals surface area contributed by atoms with Crippen molar-refractivity contribution in [2.75, 3.05) is 22.5 Å². The van der Waals surface area contributed by atoms with Gasteiger partial charge in [0.1, 0.15) is 5.01 Å². The number of halogens is 1. The third-order valence-corrected chi connectivity index (χ3v) is 7.44. The number of aryl methyl sites for hydroxylation is 2. The Morgan fingerprint density at radius 2 is 2.00 bits per heavy atom. The standard InChI is InChI=1S/C22H21ClN4O2S2/c1-13-3-7-17(8-4-13)30-12-19(28)24-22-26-25-21(31-22)15-9-20(29)27(11-15)16-6-5-14(2)18(23)10-16/h3-8,10,15H,9,11-12H2,1-2H3,(H,24,26,28). The Balaban J connectivity index is 1.35. The Hall–Kier alpha value is -2.42. The summed E-state index contributed by atoms with van der Waals surface area (Å²) in [6, 6.07) is 13.7. The van der Waals surface area contributed by atoms with Gasteiger partial charge in [-0.2, -0.15) is 0 Å². The van der Waals surface area contributed by atoms with Gasteiger partial charge in [0.05, 0.1) is 5.75 Å². The van der Waals surface area contributed by atoms with Crippen LogP contribution in [0.25, 0.3) is 0 Å². The molecule has 2 aromatic carbocycles. The maximum absolute atomic E-state index is 12.5. The van der Waals surface area contributed by atoms with Gasteiger partial charge in [0.2, 0.25) is 16.9 Å². The third kappa shape index (κ3) is 5.26. The number of rotatable bonds is 6. The number of carbonyl (C=O) groups is 2. The molecule has 1 fully saturated rings. The molecule has 6 nitrogen and oxygen atoms in total. The summed E-state index contributed by atoms with van der Waals surface area (Å²) >= 11 is 9.01. The van der Waals surface area contributed by atoms with E-state index in [1.165, 1.54) is 28.7 Å².